The van der Waals surface area contributed by atoms with Crippen LogP contribution >= 0.6 is 0 Å². The zero-order valence-corrected chi connectivity index (χ0v) is 6.66. The fourth-order valence-corrected chi connectivity index (χ4v) is 1.17. The maximum absolute atomic E-state index is 10.6. The van der Waals surface area contributed by atoms with Crippen LogP contribution in [-0.2, 0) is 4.79 Å². The topological polar surface area (TPSA) is 66.6 Å². The van der Waals surface area contributed by atoms with Gasteiger partial charge in [-0.15, -0.1) is 0 Å². The Bertz CT molecular complexity index is 155. The number of nitrogens with zero attached hydrogens (tertiary/aromatic N) is 1. The highest BCUT2D eigenvalue weighted by molar-refractivity contribution is 5.76. The van der Waals surface area contributed by atoms with Gasteiger partial charge in [0.15, 0.2) is 0 Å². The van der Waals surface area contributed by atoms with Crippen LogP contribution in [0.2, 0.25) is 0 Å². The number of carbonyl (C=O) groups excluding carboxylic acids is 1. The van der Waals surface area contributed by atoms with Crippen LogP contribution < -0.4 is 5.73 Å². The van der Waals surface area contributed by atoms with E-state index in [0.717, 1.165) is 0 Å². The Labute approximate surface area is 66.0 Å². The lowest BCUT2D eigenvalue weighted by Gasteiger charge is -2.36. The highest BCUT2D eigenvalue weighted by Crippen LogP contribution is 2.09. The zero-order valence-electron chi connectivity index (χ0n) is 6.66. The summed E-state index contributed by atoms with van der Waals surface area (Å²) in [5, 5.41) is 8.91. The Kier molecular flexibility index (Phi) is 2.46. The fourth-order valence-electron chi connectivity index (χ4n) is 1.17. The monoisotopic (exact) mass is 158 g/mol. The van der Waals surface area contributed by atoms with Crippen LogP contribution in [0, 0.1) is 5.92 Å². The third kappa shape index (κ3) is 2.17. The van der Waals surface area contributed by atoms with Crippen LogP contribution in [0.15, 0.2) is 0 Å². The fraction of sp³-hybridized carbons (Fsp3) is 0.857. The first-order valence-electron chi connectivity index (χ1n) is 3.79. The molecular formula is C7H14N2O2. The van der Waals surface area contributed by atoms with Gasteiger partial charge in [0.1, 0.15) is 0 Å². The largest absolute Gasteiger partial charge is 0.390 e. The molecule has 3 N–H and O–H groups in total. The third-order valence-corrected chi connectivity index (χ3v) is 1.96. The number of likely N-dealkylation sites (tertiary alicyclic amines) is 1. The summed E-state index contributed by atoms with van der Waals surface area (Å²) in [6, 6.07) is 0. The summed E-state index contributed by atoms with van der Waals surface area (Å²) in [7, 11) is 0. The van der Waals surface area contributed by atoms with Gasteiger partial charge in [-0.05, 0) is 0 Å². The molecule has 0 aromatic heterocycles. The van der Waals surface area contributed by atoms with Gasteiger partial charge < -0.3 is 10.8 Å². The van der Waals surface area contributed by atoms with E-state index in [1.54, 1.807) is 6.92 Å². The first-order valence-corrected chi connectivity index (χ1v) is 3.79. The first kappa shape index (κ1) is 8.49. The second-order valence-electron chi connectivity index (χ2n) is 3.18. The van der Waals surface area contributed by atoms with Crippen LogP contribution in [0.5, 0.6) is 0 Å². The number of rotatable bonds is 3. The van der Waals surface area contributed by atoms with Gasteiger partial charge in [0.2, 0.25) is 5.91 Å². The highest BCUT2D eigenvalue weighted by Gasteiger charge is 2.26. The predicted molar refractivity (Wildman–Crippen MR) is 40.8 cm³/mol. The summed E-state index contributed by atoms with van der Waals surface area (Å²) in [6.45, 7) is 3.83. The molecule has 4 heteroatoms. The van der Waals surface area contributed by atoms with Crippen molar-refractivity contribution in [3.63, 3.8) is 0 Å². The molecule has 0 aliphatic carbocycles. The molecule has 1 fully saturated rings. The van der Waals surface area contributed by atoms with Crippen molar-refractivity contribution < 1.29 is 9.90 Å². The summed E-state index contributed by atoms with van der Waals surface area (Å²) in [5.74, 6) is -0.381. The Morgan fingerprint density at radius 1 is 1.82 bits per heavy atom. The number of nitrogens with two attached hydrogens (primary N) is 1. The van der Waals surface area contributed by atoms with E-state index in [4.69, 9.17) is 10.8 Å². The number of aliphatic hydroxyl groups excluding tert-OH is 1. The number of aliphatic hydroxyl groups is 1. The van der Waals surface area contributed by atoms with Crippen LogP contribution in [0.4, 0.5) is 0 Å². The summed E-state index contributed by atoms with van der Waals surface area (Å²) < 4.78 is 0. The van der Waals surface area contributed by atoms with E-state index in [0.29, 0.717) is 19.6 Å². The number of primary amides is 1. The number of β-amino-alcohol motifs (C(OH)–C–C–N with tert-alkyl or cyclic N) is 1. The molecule has 1 amide bonds. The first-order chi connectivity index (χ1) is 5.09. The normalized spacial score (nSPS) is 22.7. The minimum absolute atomic E-state index is 0.109. The molecule has 64 valence electrons. The van der Waals surface area contributed by atoms with Crippen LogP contribution in [0.25, 0.3) is 0 Å². The van der Waals surface area contributed by atoms with Crippen molar-refractivity contribution in [3.05, 3.63) is 0 Å². The molecule has 0 bridgehead atoms. The van der Waals surface area contributed by atoms with Gasteiger partial charge in [-0.3, -0.25) is 9.69 Å². The minimum Gasteiger partial charge on any atom is -0.390 e. The molecule has 1 rings (SSSR count). The SMILES string of the molecule is CC(CN1CC(O)C1)C(N)=O. The second-order valence-corrected chi connectivity index (χ2v) is 3.18. The van der Waals surface area contributed by atoms with E-state index in [2.05, 4.69) is 0 Å². The highest BCUT2D eigenvalue weighted by atomic mass is 16.3. The lowest BCUT2D eigenvalue weighted by atomic mass is 10.1. The van der Waals surface area contributed by atoms with Crippen molar-refractivity contribution in [2.75, 3.05) is 19.6 Å². The molecular weight excluding hydrogens is 144 g/mol. The van der Waals surface area contributed by atoms with Crippen LogP contribution in [0.3, 0.4) is 0 Å². The minimum atomic E-state index is -0.272. The Morgan fingerprint density at radius 2 is 2.36 bits per heavy atom. The standard InChI is InChI=1S/C7H14N2O2/c1-5(7(8)11)2-9-3-6(10)4-9/h5-6,10H,2-4H2,1H3,(H2,8,11). The molecule has 4 nitrogen and oxygen atoms in total. The molecule has 0 radical (unpaired) electrons. The average Bonchev–Trinajstić information content (AvgIpc) is 1.84. The number of hydrogen-bond acceptors (Lipinski definition) is 3. The van der Waals surface area contributed by atoms with Gasteiger partial charge in [-0.25, -0.2) is 0 Å². The molecule has 1 aliphatic heterocycles. The van der Waals surface area contributed by atoms with E-state index in [1.807, 2.05) is 4.90 Å². The molecule has 1 unspecified atom stereocenters. The van der Waals surface area contributed by atoms with Gasteiger partial charge >= 0.3 is 0 Å². The third-order valence-electron chi connectivity index (χ3n) is 1.96. The van der Waals surface area contributed by atoms with E-state index in [1.165, 1.54) is 0 Å². The van der Waals surface area contributed by atoms with Crippen molar-refractivity contribution in [1.29, 1.82) is 0 Å². The number of carbonyl (C=O) groups is 1. The summed E-state index contributed by atoms with van der Waals surface area (Å²) >= 11 is 0. The maximum Gasteiger partial charge on any atom is 0.221 e. The number of amides is 1. The average molecular weight is 158 g/mol. The van der Waals surface area contributed by atoms with E-state index >= 15 is 0 Å². The summed E-state index contributed by atoms with van der Waals surface area (Å²) in [6.07, 6.45) is -0.199. The van der Waals surface area contributed by atoms with Crippen molar-refractivity contribution in [2.24, 2.45) is 11.7 Å². The second kappa shape index (κ2) is 3.19. The quantitative estimate of drug-likeness (QED) is 0.541. The van der Waals surface area contributed by atoms with Crippen molar-refractivity contribution >= 4 is 5.91 Å². The van der Waals surface area contributed by atoms with Gasteiger partial charge in [0.05, 0.1) is 6.10 Å². The Balaban J connectivity index is 2.16. The Hall–Kier alpha value is -0.610. The van der Waals surface area contributed by atoms with E-state index in [9.17, 15) is 4.79 Å². The smallest absolute Gasteiger partial charge is 0.221 e. The number of hydrogen-bond donors (Lipinski definition) is 2. The maximum atomic E-state index is 10.6. The van der Waals surface area contributed by atoms with Gasteiger partial charge in [-0.2, -0.15) is 0 Å². The van der Waals surface area contributed by atoms with Gasteiger partial charge in [-0.1, -0.05) is 6.92 Å². The lowest BCUT2D eigenvalue weighted by Crippen LogP contribution is -2.53. The summed E-state index contributed by atoms with van der Waals surface area (Å²) in [4.78, 5) is 12.6. The van der Waals surface area contributed by atoms with Gasteiger partial charge in [0.25, 0.3) is 0 Å². The lowest BCUT2D eigenvalue weighted by molar-refractivity contribution is -0.123. The zero-order chi connectivity index (χ0) is 8.43. The molecule has 0 aromatic carbocycles. The van der Waals surface area contributed by atoms with Crippen molar-refractivity contribution in [1.82, 2.24) is 4.90 Å². The van der Waals surface area contributed by atoms with Crippen molar-refractivity contribution in [3.8, 4) is 0 Å². The molecule has 0 saturated carbocycles. The Morgan fingerprint density at radius 3 is 2.73 bits per heavy atom. The van der Waals surface area contributed by atoms with Crippen LogP contribution in [-0.4, -0.2) is 41.7 Å². The van der Waals surface area contributed by atoms with Gasteiger partial charge in [0, 0.05) is 25.6 Å². The molecule has 0 spiro atoms. The predicted octanol–water partition coefficient (Wildman–Crippen LogP) is -1.22. The molecule has 0 aromatic rings. The molecule has 1 atom stereocenters. The van der Waals surface area contributed by atoms with E-state index < -0.39 is 0 Å². The molecule has 1 aliphatic rings. The van der Waals surface area contributed by atoms with E-state index in [-0.39, 0.29) is 17.9 Å². The van der Waals surface area contributed by atoms with Crippen molar-refractivity contribution in [2.45, 2.75) is 13.0 Å². The summed E-state index contributed by atoms with van der Waals surface area (Å²) in [5.41, 5.74) is 5.07. The van der Waals surface area contributed by atoms with Crippen LogP contribution in [0.1, 0.15) is 6.92 Å². The molecule has 1 heterocycles. The molecule has 11 heavy (non-hydrogen) atoms. The molecule has 1 saturated heterocycles.